The Morgan fingerprint density at radius 1 is 1.18 bits per heavy atom. The zero-order valence-corrected chi connectivity index (χ0v) is 12.9. The van der Waals surface area contributed by atoms with Gasteiger partial charge in [-0.25, -0.2) is 0 Å². The zero-order valence-electron chi connectivity index (χ0n) is 12.9. The summed E-state index contributed by atoms with van der Waals surface area (Å²) in [7, 11) is 0. The van der Waals surface area contributed by atoms with Gasteiger partial charge in [-0.05, 0) is 37.5 Å². The van der Waals surface area contributed by atoms with Gasteiger partial charge in [-0.15, -0.1) is 0 Å². The molecule has 0 aliphatic rings. The fourth-order valence-electron chi connectivity index (χ4n) is 1.75. The summed E-state index contributed by atoms with van der Waals surface area (Å²) in [6.45, 7) is 4.78. The molecule has 118 valence electrons. The molecule has 1 rings (SSSR count). The summed E-state index contributed by atoms with van der Waals surface area (Å²) in [5.74, 6) is 0.204. The predicted molar refractivity (Wildman–Crippen MR) is 82.3 cm³/mol. The molecule has 0 bridgehead atoms. The maximum Gasteiger partial charge on any atom is 0.257 e. The molecule has 0 heterocycles. The minimum absolute atomic E-state index is 0.0366. The summed E-state index contributed by atoms with van der Waals surface area (Å²) in [6, 6.07) is 7.48. The Labute approximate surface area is 130 Å². The van der Waals surface area contributed by atoms with Gasteiger partial charge in [0.2, 0.25) is 5.91 Å². The van der Waals surface area contributed by atoms with E-state index < -0.39 is 0 Å². The van der Waals surface area contributed by atoms with Crippen LogP contribution in [0.25, 0.3) is 0 Å². The standard InChI is InChI=1S/C16H21N3O3/c1-12-5-3-6-14(13(12)2)22-11-16(21)19-10-4-9-18-15(20)7-8-17/h3,5-6H,4,7,9-11H2,1-2H3,(H,18,20)(H,19,21). The van der Waals surface area contributed by atoms with Gasteiger partial charge in [-0.2, -0.15) is 5.26 Å². The molecular weight excluding hydrogens is 282 g/mol. The summed E-state index contributed by atoms with van der Waals surface area (Å²) in [5.41, 5.74) is 2.14. The molecule has 0 atom stereocenters. The lowest BCUT2D eigenvalue weighted by Gasteiger charge is -2.11. The van der Waals surface area contributed by atoms with Gasteiger partial charge in [0, 0.05) is 13.1 Å². The number of aryl methyl sites for hydroxylation is 1. The van der Waals surface area contributed by atoms with E-state index in [2.05, 4.69) is 10.6 Å². The van der Waals surface area contributed by atoms with Crippen LogP contribution in [0.4, 0.5) is 0 Å². The van der Waals surface area contributed by atoms with Crippen LogP contribution in [0.1, 0.15) is 24.0 Å². The molecule has 2 N–H and O–H groups in total. The maximum absolute atomic E-state index is 11.6. The lowest BCUT2D eigenvalue weighted by Crippen LogP contribution is -2.32. The smallest absolute Gasteiger partial charge is 0.257 e. The molecule has 1 aromatic carbocycles. The Kier molecular flexibility index (Phi) is 7.48. The van der Waals surface area contributed by atoms with Crippen LogP contribution in [-0.4, -0.2) is 31.5 Å². The molecule has 0 aliphatic heterocycles. The number of nitrogens with zero attached hydrogens (tertiary/aromatic N) is 1. The molecule has 0 saturated carbocycles. The van der Waals surface area contributed by atoms with Crippen molar-refractivity contribution < 1.29 is 14.3 Å². The highest BCUT2D eigenvalue weighted by molar-refractivity contribution is 5.78. The number of benzene rings is 1. The maximum atomic E-state index is 11.6. The first-order valence-electron chi connectivity index (χ1n) is 7.14. The van der Waals surface area contributed by atoms with E-state index in [4.69, 9.17) is 10.00 Å². The van der Waals surface area contributed by atoms with E-state index in [1.807, 2.05) is 32.0 Å². The van der Waals surface area contributed by atoms with Gasteiger partial charge in [-0.1, -0.05) is 12.1 Å². The molecule has 2 amide bonds. The third-order valence-electron chi connectivity index (χ3n) is 3.15. The fourth-order valence-corrected chi connectivity index (χ4v) is 1.75. The van der Waals surface area contributed by atoms with Crippen LogP contribution in [0, 0.1) is 25.2 Å². The number of rotatable bonds is 8. The third kappa shape index (κ3) is 6.27. The Balaban J connectivity index is 2.18. The Morgan fingerprint density at radius 3 is 2.55 bits per heavy atom. The molecule has 0 spiro atoms. The highest BCUT2D eigenvalue weighted by atomic mass is 16.5. The summed E-state index contributed by atoms with van der Waals surface area (Å²) in [4.78, 5) is 22.7. The second-order valence-corrected chi connectivity index (χ2v) is 4.88. The topological polar surface area (TPSA) is 91.2 Å². The number of nitrogens with one attached hydrogen (secondary N) is 2. The number of amides is 2. The summed E-state index contributed by atoms with van der Waals surface area (Å²) in [5, 5.41) is 13.6. The van der Waals surface area contributed by atoms with Crippen molar-refractivity contribution in [2.24, 2.45) is 0 Å². The van der Waals surface area contributed by atoms with E-state index in [0.717, 1.165) is 11.1 Å². The molecule has 22 heavy (non-hydrogen) atoms. The number of ether oxygens (including phenoxy) is 1. The first kappa shape index (κ1) is 17.5. The van der Waals surface area contributed by atoms with Crippen LogP contribution in [-0.2, 0) is 9.59 Å². The lowest BCUT2D eigenvalue weighted by molar-refractivity contribution is -0.123. The molecule has 0 radical (unpaired) electrons. The largest absolute Gasteiger partial charge is 0.483 e. The van der Waals surface area contributed by atoms with Crippen LogP contribution < -0.4 is 15.4 Å². The van der Waals surface area contributed by atoms with Crippen LogP contribution in [0.15, 0.2) is 18.2 Å². The van der Waals surface area contributed by atoms with Gasteiger partial charge in [0.15, 0.2) is 6.61 Å². The number of nitriles is 1. The van der Waals surface area contributed by atoms with E-state index in [-0.39, 0.29) is 24.8 Å². The summed E-state index contributed by atoms with van der Waals surface area (Å²) in [6.07, 6.45) is 0.461. The van der Waals surface area contributed by atoms with Gasteiger partial charge in [0.25, 0.3) is 5.91 Å². The normalized spacial score (nSPS) is 9.68. The van der Waals surface area contributed by atoms with Crippen molar-refractivity contribution in [1.82, 2.24) is 10.6 Å². The molecule has 1 aromatic rings. The Morgan fingerprint density at radius 2 is 1.86 bits per heavy atom. The van der Waals surface area contributed by atoms with Crippen LogP contribution >= 0.6 is 0 Å². The van der Waals surface area contributed by atoms with Crippen molar-refractivity contribution in [1.29, 1.82) is 5.26 Å². The molecule has 6 heteroatoms. The second-order valence-electron chi connectivity index (χ2n) is 4.88. The van der Waals surface area contributed by atoms with E-state index in [0.29, 0.717) is 25.3 Å². The van der Waals surface area contributed by atoms with Gasteiger partial charge in [0.05, 0.1) is 6.07 Å². The lowest BCUT2D eigenvalue weighted by atomic mass is 10.1. The van der Waals surface area contributed by atoms with Gasteiger partial charge < -0.3 is 15.4 Å². The minimum atomic E-state index is -0.299. The first-order valence-corrected chi connectivity index (χ1v) is 7.14. The Bertz CT molecular complexity index is 564. The monoisotopic (exact) mass is 303 g/mol. The highest BCUT2D eigenvalue weighted by Gasteiger charge is 2.05. The van der Waals surface area contributed by atoms with Crippen molar-refractivity contribution in [3.63, 3.8) is 0 Å². The van der Waals surface area contributed by atoms with Gasteiger partial charge in [-0.3, -0.25) is 9.59 Å². The molecule has 0 aliphatic carbocycles. The van der Waals surface area contributed by atoms with Crippen LogP contribution in [0.3, 0.4) is 0 Å². The molecule has 6 nitrogen and oxygen atoms in total. The summed E-state index contributed by atoms with van der Waals surface area (Å²) >= 11 is 0. The first-order chi connectivity index (χ1) is 10.5. The van der Waals surface area contributed by atoms with Crippen molar-refractivity contribution in [3.05, 3.63) is 29.3 Å². The predicted octanol–water partition coefficient (Wildman–Crippen LogP) is 1.22. The van der Waals surface area contributed by atoms with E-state index in [1.54, 1.807) is 6.07 Å². The molecular formula is C16H21N3O3. The van der Waals surface area contributed by atoms with E-state index >= 15 is 0 Å². The quantitative estimate of drug-likeness (QED) is 0.706. The molecule has 0 aromatic heterocycles. The van der Waals surface area contributed by atoms with Crippen molar-refractivity contribution in [2.75, 3.05) is 19.7 Å². The third-order valence-corrected chi connectivity index (χ3v) is 3.15. The van der Waals surface area contributed by atoms with E-state index in [9.17, 15) is 9.59 Å². The van der Waals surface area contributed by atoms with Crippen LogP contribution in [0.5, 0.6) is 5.75 Å². The minimum Gasteiger partial charge on any atom is -0.483 e. The number of hydrogen-bond acceptors (Lipinski definition) is 4. The number of carbonyl (C=O) groups is 2. The van der Waals surface area contributed by atoms with Crippen molar-refractivity contribution in [2.45, 2.75) is 26.7 Å². The number of carbonyl (C=O) groups excluding carboxylic acids is 2. The SMILES string of the molecule is Cc1cccc(OCC(=O)NCCCNC(=O)CC#N)c1C. The van der Waals surface area contributed by atoms with Crippen molar-refractivity contribution >= 4 is 11.8 Å². The molecule has 0 fully saturated rings. The summed E-state index contributed by atoms with van der Waals surface area (Å²) < 4.78 is 5.49. The average molecular weight is 303 g/mol. The Hall–Kier alpha value is -2.55. The zero-order chi connectivity index (χ0) is 16.4. The average Bonchev–Trinajstić information content (AvgIpc) is 2.48. The van der Waals surface area contributed by atoms with Crippen molar-refractivity contribution in [3.8, 4) is 11.8 Å². The molecule has 0 unspecified atom stereocenters. The fraction of sp³-hybridized carbons (Fsp3) is 0.438. The second kappa shape index (κ2) is 9.40. The van der Waals surface area contributed by atoms with Gasteiger partial charge >= 0.3 is 0 Å². The van der Waals surface area contributed by atoms with E-state index in [1.165, 1.54) is 0 Å². The van der Waals surface area contributed by atoms with Crippen LogP contribution in [0.2, 0.25) is 0 Å². The van der Waals surface area contributed by atoms with Gasteiger partial charge in [0.1, 0.15) is 12.2 Å². The number of hydrogen-bond donors (Lipinski definition) is 2. The highest BCUT2D eigenvalue weighted by Crippen LogP contribution is 2.20. The molecule has 0 saturated heterocycles.